The van der Waals surface area contributed by atoms with E-state index in [9.17, 15) is 9.90 Å². The van der Waals surface area contributed by atoms with Gasteiger partial charge in [0.25, 0.3) is 0 Å². The van der Waals surface area contributed by atoms with Gasteiger partial charge in [-0.2, -0.15) is 0 Å². The quantitative estimate of drug-likeness (QED) is 0.729. The van der Waals surface area contributed by atoms with E-state index in [-0.39, 0.29) is 11.2 Å². The van der Waals surface area contributed by atoms with Gasteiger partial charge in [-0.05, 0) is 18.6 Å². The average molecular weight is 242 g/mol. The Kier molecular flexibility index (Phi) is 3.26. The number of aliphatic hydroxyl groups is 1. The number of likely N-dealkylation sites (tertiary alicyclic amines) is 1. The Balaban J connectivity index is 2.00. The molecule has 1 aromatic heterocycles. The zero-order valence-electron chi connectivity index (χ0n) is 8.56. The molecule has 0 unspecified atom stereocenters. The fraction of sp³-hybridized carbons (Fsp3) is 0.400. The molecule has 0 spiro atoms. The van der Waals surface area contributed by atoms with Gasteiger partial charge < -0.3 is 15.3 Å². The number of aliphatic hydroxyl groups excluding tert-OH is 1. The molecule has 0 bridgehead atoms. The summed E-state index contributed by atoms with van der Waals surface area (Å²) < 4.78 is 0. The van der Waals surface area contributed by atoms with Crippen molar-refractivity contribution in [2.45, 2.75) is 12.5 Å². The molecule has 0 saturated carbocycles. The minimum Gasteiger partial charge on any atom is -0.391 e. The largest absolute Gasteiger partial charge is 0.391 e. The molecule has 1 saturated heterocycles. The van der Waals surface area contributed by atoms with Gasteiger partial charge in [-0.25, -0.2) is 9.78 Å². The Hall–Kier alpha value is -1.33. The molecule has 2 amide bonds. The molecule has 6 heteroatoms. The van der Waals surface area contributed by atoms with Crippen LogP contribution >= 0.6 is 11.6 Å². The highest BCUT2D eigenvalue weighted by molar-refractivity contribution is 6.32. The van der Waals surface area contributed by atoms with Crippen molar-refractivity contribution in [2.24, 2.45) is 0 Å². The molecule has 0 aromatic carbocycles. The first kappa shape index (κ1) is 11.2. The second-order valence-electron chi connectivity index (χ2n) is 3.66. The van der Waals surface area contributed by atoms with Crippen LogP contribution in [0.4, 0.5) is 10.5 Å². The van der Waals surface area contributed by atoms with Crippen LogP contribution < -0.4 is 5.32 Å². The highest BCUT2D eigenvalue weighted by atomic mass is 35.5. The smallest absolute Gasteiger partial charge is 0.322 e. The van der Waals surface area contributed by atoms with Crippen LogP contribution in [0, 0.1) is 0 Å². The number of amides is 2. The molecule has 5 nitrogen and oxygen atoms in total. The number of aromatic nitrogens is 1. The molecule has 1 aliphatic heterocycles. The van der Waals surface area contributed by atoms with Crippen molar-refractivity contribution in [2.75, 3.05) is 18.4 Å². The standard InChI is InChI=1S/C10H12ClN3O2/c11-9-8(2-1-4-12-9)13-10(16)14-5-3-7(15)6-14/h1-2,4,7,15H,3,5-6H2,(H,13,16)/t7-/m0/s1. The topological polar surface area (TPSA) is 65.5 Å². The summed E-state index contributed by atoms with van der Waals surface area (Å²) >= 11 is 5.81. The summed E-state index contributed by atoms with van der Waals surface area (Å²) in [6, 6.07) is 3.12. The number of carbonyl (C=O) groups is 1. The summed E-state index contributed by atoms with van der Waals surface area (Å²) in [5.74, 6) is 0. The molecule has 0 aliphatic carbocycles. The van der Waals surface area contributed by atoms with Crippen LogP contribution in [-0.2, 0) is 0 Å². The van der Waals surface area contributed by atoms with Crippen LogP contribution in [0.5, 0.6) is 0 Å². The summed E-state index contributed by atoms with van der Waals surface area (Å²) in [7, 11) is 0. The monoisotopic (exact) mass is 241 g/mol. The molecule has 1 aromatic rings. The average Bonchev–Trinajstić information content (AvgIpc) is 2.68. The van der Waals surface area contributed by atoms with E-state index in [1.54, 1.807) is 23.2 Å². The maximum atomic E-state index is 11.7. The molecule has 2 heterocycles. The van der Waals surface area contributed by atoms with Crippen LogP contribution in [-0.4, -0.2) is 40.2 Å². The van der Waals surface area contributed by atoms with Crippen LogP contribution in [0.25, 0.3) is 0 Å². The third-order valence-electron chi connectivity index (χ3n) is 2.45. The van der Waals surface area contributed by atoms with Gasteiger partial charge in [-0.15, -0.1) is 0 Å². The number of halogens is 1. The highest BCUT2D eigenvalue weighted by Gasteiger charge is 2.24. The first-order valence-corrected chi connectivity index (χ1v) is 5.39. The third kappa shape index (κ3) is 2.43. The Morgan fingerprint density at radius 3 is 3.12 bits per heavy atom. The number of nitrogens with zero attached hydrogens (tertiary/aromatic N) is 2. The Bertz CT molecular complexity index is 399. The molecule has 2 N–H and O–H groups in total. The maximum Gasteiger partial charge on any atom is 0.322 e. The Labute approximate surface area is 98.0 Å². The fourth-order valence-electron chi connectivity index (χ4n) is 1.60. The minimum absolute atomic E-state index is 0.258. The number of hydrogen-bond acceptors (Lipinski definition) is 3. The summed E-state index contributed by atoms with van der Waals surface area (Å²) in [6.07, 6.45) is 1.75. The predicted molar refractivity (Wildman–Crippen MR) is 60.5 cm³/mol. The molecule has 1 atom stereocenters. The second kappa shape index (κ2) is 4.67. The maximum absolute atomic E-state index is 11.7. The zero-order chi connectivity index (χ0) is 11.5. The summed E-state index contributed by atoms with van der Waals surface area (Å²) in [5, 5.41) is 12.2. The van der Waals surface area contributed by atoms with Crippen LogP contribution in [0.3, 0.4) is 0 Å². The van der Waals surface area contributed by atoms with E-state index in [1.807, 2.05) is 0 Å². The minimum atomic E-state index is -0.421. The number of rotatable bonds is 1. The van der Waals surface area contributed by atoms with Gasteiger partial charge >= 0.3 is 6.03 Å². The molecule has 0 radical (unpaired) electrons. The Morgan fingerprint density at radius 1 is 1.69 bits per heavy atom. The van der Waals surface area contributed by atoms with Crippen molar-refractivity contribution in [3.8, 4) is 0 Å². The molecule has 1 fully saturated rings. The van der Waals surface area contributed by atoms with Gasteiger partial charge in [0, 0.05) is 19.3 Å². The van der Waals surface area contributed by atoms with E-state index in [0.29, 0.717) is 25.2 Å². The molecular formula is C10H12ClN3O2. The van der Waals surface area contributed by atoms with Crippen molar-refractivity contribution in [3.05, 3.63) is 23.5 Å². The van der Waals surface area contributed by atoms with Crippen LogP contribution in [0.1, 0.15) is 6.42 Å². The lowest BCUT2D eigenvalue weighted by Gasteiger charge is -2.16. The van der Waals surface area contributed by atoms with Crippen LogP contribution in [0.2, 0.25) is 5.15 Å². The first-order valence-electron chi connectivity index (χ1n) is 5.01. The van der Waals surface area contributed by atoms with E-state index in [2.05, 4.69) is 10.3 Å². The molecule has 86 valence electrons. The lowest BCUT2D eigenvalue weighted by atomic mass is 10.3. The molecular weight excluding hydrogens is 230 g/mol. The third-order valence-corrected chi connectivity index (χ3v) is 2.75. The number of urea groups is 1. The van der Waals surface area contributed by atoms with Gasteiger partial charge in [0.05, 0.1) is 11.8 Å². The molecule has 16 heavy (non-hydrogen) atoms. The Morgan fingerprint density at radius 2 is 2.50 bits per heavy atom. The molecule has 2 rings (SSSR count). The van der Waals surface area contributed by atoms with E-state index in [4.69, 9.17) is 11.6 Å². The van der Waals surface area contributed by atoms with Crippen molar-refractivity contribution in [3.63, 3.8) is 0 Å². The zero-order valence-corrected chi connectivity index (χ0v) is 9.31. The van der Waals surface area contributed by atoms with Crippen molar-refractivity contribution in [1.82, 2.24) is 9.88 Å². The summed E-state index contributed by atoms with van der Waals surface area (Å²) in [5.41, 5.74) is 0.482. The van der Waals surface area contributed by atoms with Crippen LogP contribution in [0.15, 0.2) is 18.3 Å². The number of nitrogens with one attached hydrogen (secondary N) is 1. The highest BCUT2D eigenvalue weighted by Crippen LogP contribution is 2.19. The normalized spacial score (nSPS) is 19.9. The second-order valence-corrected chi connectivity index (χ2v) is 4.02. The predicted octanol–water partition coefficient (Wildman–Crippen LogP) is 1.33. The molecule has 1 aliphatic rings. The van der Waals surface area contributed by atoms with Gasteiger partial charge in [0.1, 0.15) is 0 Å². The van der Waals surface area contributed by atoms with E-state index >= 15 is 0 Å². The first-order chi connectivity index (χ1) is 7.66. The number of β-amino-alcohol motifs (C(OH)–C–C–N with tert-alkyl or cyclic N) is 1. The van der Waals surface area contributed by atoms with Gasteiger partial charge in [-0.3, -0.25) is 0 Å². The number of pyridine rings is 1. The van der Waals surface area contributed by atoms with E-state index < -0.39 is 6.10 Å². The van der Waals surface area contributed by atoms with Gasteiger partial charge in [0.2, 0.25) is 0 Å². The lowest BCUT2D eigenvalue weighted by molar-refractivity contribution is 0.176. The fourth-order valence-corrected chi connectivity index (χ4v) is 1.77. The van der Waals surface area contributed by atoms with Crippen molar-refractivity contribution >= 4 is 23.3 Å². The van der Waals surface area contributed by atoms with Gasteiger partial charge in [-0.1, -0.05) is 11.6 Å². The number of carbonyl (C=O) groups excluding carboxylic acids is 1. The van der Waals surface area contributed by atoms with Gasteiger partial charge in [0.15, 0.2) is 5.15 Å². The number of hydrogen-bond donors (Lipinski definition) is 2. The van der Waals surface area contributed by atoms with E-state index in [0.717, 1.165) is 0 Å². The SMILES string of the molecule is O=C(Nc1cccnc1Cl)N1CC[C@H](O)C1. The van der Waals surface area contributed by atoms with Crippen molar-refractivity contribution < 1.29 is 9.90 Å². The number of anilines is 1. The summed E-state index contributed by atoms with van der Waals surface area (Å²) in [4.78, 5) is 17.1. The van der Waals surface area contributed by atoms with Crippen molar-refractivity contribution in [1.29, 1.82) is 0 Å². The summed E-state index contributed by atoms with van der Waals surface area (Å²) in [6.45, 7) is 0.925. The lowest BCUT2D eigenvalue weighted by Crippen LogP contribution is -2.33. The van der Waals surface area contributed by atoms with E-state index in [1.165, 1.54) is 0 Å².